The molecule has 0 bridgehead atoms. The molecule has 1 saturated heterocycles. The summed E-state index contributed by atoms with van der Waals surface area (Å²) >= 11 is 1.32. The Bertz CT molecular complexity index is 547. The second kappa shape index (κ2) is 8.79. The van der Waals surface area contributed by atoms with Gasteiger partial charge in [-0.25, -0.2) is 4.79 Å². The second-order valence-electron chi connectivity index (χ2n) is 5.35. The molecule has 1 aromatic rings. The maximum absolute atomic E-state index is 12.5. The molecule has 0 spiro atoms. The monoisotopic (exact) mass is 337 g/mol. The molecule has 3 N–H and O–H groups in total. The molecule has 0 unspecified atom stereocenters. The number of nitrogens with zero attached hydrogens (tertiary/aromatic N) is 1. The lowest BCUT2D eigenvalue weighted by atomic mass is 10.2. The number of carbonyl (C=O) groups excluding carboxylic acids is 2. The van der Waals surface area contributed by atoms with Crippen LogP contribution in [0.15, 0.2) is 29.2 Å². The maximum atomic E-state index is 12.5. The van der Waals surface area contributed by atoms with E-state index in [1.165, 1.54) is 11.8 Å². The predicted octanol–water partition coefficient (Wildman–Crippen LogP) is 2.30. The summed E-state index contributed by atoms with van der Waals surface area (Å²) < 4.78 is 5.60. The zero-order valence-electron chi connectivity index (χ0n) is 13.3. The average Bonchev–Trinajstić information content (AvgIpc) is 3.04. The number of rotatable bonds is 7. The fourth-order valence-electron chi connectivity index (χ4n) is 2.43. The standard InChI is InChI=1S/C16H23N3O3S/c1-2-19(10-12-6-5-9-22-12)16(21)18-13-7-3-4-8-14(13)23-11-15(17)20/h3-4,7-8,12H,2,5-6,9-11H2,1H3,(H2,17,20)(H,18,21)/t12-/m1/s1. The van der Waals surface area contributed by atoms with Gasteiger partial charge in [-0.15, -0.1) is 11.8 Å². The fraction of sp³-hybridized carbons (Fsp3) is 0.500. The van der Waals surface area contributed by atoms with Crippen LogP contribution in [0, 0.1) is 0 Å². The predicted molar refractivity (Wildman–Crippen MR) is 91.6 cm³/mol. The van der Waals surface area contributed by atoms with Gasteiger partial charge in [0, 0.05) is 24.6 Å². The molecule has 1 fully saturated rings. The average molecular weight is 337 g/mol. The number of carbonyl (C=O) groups is 2. The highest BCUT2D eigenvalue weighted by atomic mass is 32.2. The number of anilines is 1. The van der Waals surface area contributed by atoms with Gasteiger partial charge in [0.25, 0.3) is 0 Å². The molecule has 7 heteroatoms. The SMILES string of the molecule is CCN(C[C@H]1CCCO1)C(=O)Nc1ccccc1SCC(N)=O. The van der Waals surface area contributed by atoms with E-state index in [9.17, 15) is 9.59 Å². The third-order valence-corrected chi connectivity index (χ3v) is 4.71. The lowest BCUT2D eigenvalue weighted by Crippen LogP contribution is -2.40. The molecule has 2 rings (SSSR count). The second-order valence-corrected chi connectivity index (χ2v) is 6.37. The van der Waals surface area contributed by atoms with E-state index in [2.05, 4.69) is 5.32 Å². The van der Waals surface area contributed by atoms with Crippen LogP contribution < -0.4 is 11.1 Å². The largest absolute Gasteiger partial charge is 0.376 e. The molecule has 0 aromatic heterocycles. The van der Waals surface area contributed by atoms with Crippen molar-refractivity contribution in [3.05, 3.63) is 24.3 Å². The number of thioether (sulfide) groups is 1. The highest BCUT2D eigenvalue weighted by Crippen LogP contribution is 2.27. The number of hydrogen-bond donors (Lipinski definition) is 2. The van der Waals surface area contributed by atoms with Crippen LogP contribution >= 0.6 is 11.8 Å². The zero-order chi connectivity index (χ0) is 16.7. The molecule has 126 valence electrons. The Labute approximate surface area is 140 Å². The van der Waals surface area contributed by atoms with Gasteiger partial charge in [0.2, 0.25) is 5.91 Å². The van der Waals surface area contributed by atoms with Crippen molar-refractivity contribution in [2.24, 2.45) is 5.73 Å². The first-order chi connectivity index (χ1) is 11.1. The Hall–Kier alpha value is -1.73. The van der Waals surface area contributed by atoms with E-state index in [-0.39, 0.29) is 23.8 Å². The normalized spacial score (nSPS) is 17.0. The summed E-state index contributed by atoms with van der Waals surface area (Å²) in [5.41, 5.74) is 5.87. The van der Waals surface area contributed by atoms with Gasteiger partial charge in [0.1, 0.15) is 0 Å². The van der Waals surface area contributed by atoms with Gasteiger partial charge in [-0.05, 0) is 31.9 Å². The van der Waals surface area contributed by atoms with E-state index < -0.39 is 0 Å². The van der Waals surface area contributed by atoms with Crippen molar-refractivity contribution in [2.75, 3.05) is 30.8 Å². The summed E-state index contributed by atoms with van der Waals surface area (Å²) in [5, 5.41) is 2.92. The third kappa shape index (κ3) is 5.44. The third-order valence-electron chi connectivity index (χ3n) is 3.62. The summed E-state index contributed by atoms with van der Waals surface area (Å²) in [6.07, 6.45) is 2.17. The molecule has 0 aliphatic carbocycles. The van der Waals surface area contributed by atoms with E-state index in [4.69, 9.17) is 10.5 Å². The van der Waals surface area contributed by atoms with Gasteiger partial charge in [0.05, 0.1) is 17.5 Å². The van der Waals surface area contributed by atoms with Crippen LogP contribution in [0.25, 0.3) is 0 Å². The molecule has 1 aromatic carbocycles. The van der Waals surface area contributed by atoms with Crippen LogP contribution in [0.5, 0.6) is 0 Å². The van der Waals surface area contributed by atoms with Crippen molar-refractivity contribution in [3.8, 4) is 0 Å². The summed E-state index contributed by atoms with van der Waals surface area (Å²) in [6, 6.07) is 7.24. The van der Waals surface area contributed by atoms with Crippen molar-refractivity contribution in [2.45, 2.75) is 30.8 Å². The van der Waals surface area contributed by atoms with E-state index in [0.29, 0.717) is 18.8 Å². The van der Waals surface area contributed by atoms with Crippen LogP contribution in [0.2, 0.25) is 0 Å². The highest BCUT2D eigenvalue weighted by molar-refractivity contribution is 8.00. The molecule has 1 heterocycles. The molecular formula is C16H23N3O3S. The number of amides is 3. The zero-order valence-corrected chi connectivity index (χ0v) is 14.1. The van der Waals surface area contributed by atoms with E-state index in [0.717, 1.165) is 24.3 Å². The molecule has 0 radical (unpaired) electrons. The lowest BCUT2D eigenvalue weighted by molar-refractivity contribution is -0.115. The Balaban J connectivity index is 1.98. The van der Waals surface area contributed by atoms with Crippen LogP contribution in [0.3, 0.4) is 0 Å². The Morgan fingerprint density at radius 2 is 2.22 bits per heavy atom. The summed E-state index contributed by atoms with van der Waals surface area (Å²) in [6.45, 7) is 3.93. The Morgan fingerprint density at radius 3 is 2.87 bits per heavy atom. The Kier molecular flexibility index (Phi) is 6.73. The van der Waals surface area contributed by atoms with Crippen molar-refractivity contribution >= 4 is 29.4 Å². The number of primary amides is 1. The highest BCUT2D eigenvalue weighted by Gasteiger charge is 2.22. The van der Waals surface area contributed by atoms with Gasteiger partial charge >= 0.3 is 6.03 Å². The van der Waals surface area contributed by atoms with E-state index >= 15 is 0 Å². The number of nitrogens with one attached hydrogen (secondary N) is 1. The number of para-hydroxylation sites is 1. The summed E-state index contributed by atoms with van der Waals surface area (Å²) in [5.74, 6) is -0.204. The van der Waals surface area contributed by atoms with Crippen LogP contribution in [-0.2, 0) is 9.53 Å². The minimum absolute atomic E-state index is 0.125. The van der Waals surface area contributed by atoms with Gasteiger partial charge in [-0.3, -0.25) is 4.79 Å². The topological polar surface area (TPSA) is 84.7 Å². The first kappa shape index (κ1) is 17.6. The summed E-state index contributed by atoms with van der Waals surface area (Å²) in [7, 11) is 0. The number of urea groups is 1. The fourth-order valence-corrected chi connectivity index (χ4v) is 3.18. The minimum Gasteiger partial charge on any atom is -0.376 e. The summed E-state index contributed by atoms with van der Waals surface area (Å²) in [4.78, 5) is 26.0. The van der Waals surface area contributed by atoms with Crippen LogP contribution in [0.4, 0.5) is 10.5 Å². The van der Waals surface area contributed by atoms with Gasteiger partial charge in [-0.2, -0.15) is 0 Å². The number of nitrogens with two attached hydrogens (primary N) is 1. The molecule has 0 saturated carbocycles. The van der Waals surface area contributed by atoms with Crippen molar-refractivity contribution in [1.82, 2.24) is 4.90 Å². The lowest BCUT2D eigenvalue weighted by Gasteiger charge is -2.24. The van der Waals surface area contributed by atoms with E-state index in [1.54, 1.807) is 4.90 Å². The van der Waals surface area contributed by atoms with Crippen molar-refractivity contribution < 1.29 is 14.3 Å². The minimum atomic E-state index is -0.385. The molecule has 1 aliphatic rings. The number of ether oxygens (including phenoxy) is 1. The quantitative estimate of drug-likeness (QED) is 0.748. The Morgan fingerprint density at radius 1 is 1.43 bits per heavy atom. The molecule has 23 heavy (non-hydrogen) atoms. The number of hydrogen-bond acceptors (Lipinski definition) is 4. The molecular weight excluding hydrogens is 314 g/mol. The van der Waals surface area contributed by atoms with E-state index in [1.807, 2.05) is 31.2 Å². The first-order valence-electron chi connectivity index (χ1n) is 7.77. The van der Waals surface area contributed by atoms with Crippen molar-refractivity contribution in [1.29, 1.82) is 0 Å². The maximum Gasteiger partial charge on any atom is 0.321 e. The molecule has 1 aliphatic heterocycles. The smallest absolute Gasteiger partial charge is 0.321 e. The number of benzene rings is 1. The molecule has 3 amide bonds. The number of likely N-dealkylation sites (N-methyl/N-ethyl adjacent to an activating group) is 1. The van der Waals surface area contributed by atoms with Gasteiger partial charge in [0.15, 0.2) is 0 Å². The van der Waals surface area contributed by atoms with Gasteiger partial charge in [-0.1, -0.05) is 12.1 Å². The first-order valence-corrected chi connectivity index (χ1v) is 8.76. The molecule has 6 nitrogen and oxygen atoms in total. The van der Waals surface area contributed by atoms with Crippen LogP contribution in [-0.4, -0.2) is 48.4 Å². The van der Waals surface area contributed by atoms with Crippen LogP contribution in [0.1, 0.15) is 19.8 Å². The van der Waals surface area contributed by atoms with Crippen molar-refractivity contribution in [3.63, 3.8) is 0 Å². The molecule has 1 atom stereocenters. The van der Waals surface area contributed by atoms with Gasteiger partial charge < -0.3 is 20.7 Å².